The quantitative estimate of drug-likeness (QED) is 0.0177. The SMILES string of the molecule is C=CCC[C@H]1C[C@H](CCOC(=O)C(C)(C)C)[C@@H](O)[C@H]1Oc1nc(C)nc(C)c1[N+](=O)[O-].C=CCC[C@H]1C[C@H](CCOC(=O)C(C)(C)C)[C@@H](Oc2nc(C)nc(C)c2[N+](=O)[O-])[C@H]1O.C=CCC[C@H]1C[C@H](CCOC(=O)C(C)(C)C)[C@H]2OC3(C=CC=C/C3=N\O[O-])[OH+][C@@H]12. The zero-order valence-electron chi connectivity index (χ0n) is 55.3. The van der Waals surface area contributed by atoms with Crippen molar-refractivity contribution in [3.8, 4) is 11.8 Å². The Morgan fingerprint density at radius 3 is 1.43 bits per heavy atom. The first-order valence-corrected chi connectivity index (χ1v) is 31.4. The number of rotatable bonds is 25. The molecule has 0 radical (unpaired) electrons. The molecule has 3 saturated carbocycles. The van der Waals surface area contributed by atoms with Crippen LogP contribution in [0.15, 0.2) is 67.4 Å². The van der Waals surface area contributed by atoms with Gasteiger partial charge in [-0.05, 0) is 197 Å². The summed E-state index contributed by atoms with van der Waals surface area (Å²) in [5, 5.41) is 59.2. The van der Waals surface area contributed by atoms with Crippen molar-refractivity contribution in [2.24, 2.45) is 56.9 Å². The molecule has 0 amide bonds. The first-order chi connectivity index (χ1) is 42.7. The number of carbonyl (C=O) groups excluding carboxylic acids is 3. The molecule has 7 rings (SSSR count). The number of nitro groups is 2. The number of aliphatic hydroxyl groups excluding tert-OH is 2. The third-order valence-electron chi connectivity index (χ3n) is 16.9. The van der Waals surface area contributed by atoms with Crippen molar-refractivity contribution in [2.45, 2.75) is 209 Å². The van der Waals surface area contributed by atoms with Gasteiger partial charge in [-0.25, -0.2) is 9.97 Å². The van der Waals surface area contributed by atoms with Crippen molar-refractivity contribution in [3.63, 3.8) is 0 Å². The monoisotopic (exact) mass is 1280 g/mol. The van der Waals surface area contributed by atoms with Crippen molar-refractivity contribution < 1.29 is 77.8 Å². The molecule has 2 aromatic rings. The zero-order valence-corrected chi connectivity index (χ0v) is 55.3. The zero-order chi connectivity index (χ0) is 67.8. The van der Waals surface area contributed by atoms with Crippen molar-refractivity contribution in [2.75, 3.05) is 19.8 Å². The number of esters is 3. The summed E-state index contributed by atoms with van der Waals surface area (Å²) in [5.74, 6) is -1.26. The van der Waals surface area contributed by atoms with Crippen LogP contribution < -0.4 is 14.7 Å². The number of hydrogen-bond donors (Lipinski definition) is 2. The highest BCUT2D eigenvalue weighted by Gasteiger charge is 2.63. The number of ether oxygens (including phenoxy) is 7. The fourth-order valence-electron chi connectivity index (χ4n) is 12.1. The maximum Gasteiger partial charge on any atom is 0.351 e. The van der Waals surface area contributed by atoms with Crippen LogP contribution in [0.1, 0.15) is 162 Å². The van der Waals surface area contributed by atoms with Crippen LogP contribution in [-0.2, 0) is 38.3 Å². The molecule has 0 aromatic carbocycles. The predicted molar refractivity (Wildman–Crippen MR) is 336 cm³/mol. The Kier molecular flexibility index (Phi) is 27.1. The Labute approximate surface area is 534 Å². The maximum atomic E-state index is 12.1. The molecule has 25 nitrogen and oxygen atoms in total. The molecule has 504 valence electrons. The van der Waals surface area contributed by atoms with Crippen LogP contribution in [0.5, 0.6) is 11.8 Å². The van der Waals surface area contributed by atoms with Gasteiger partial charge in [0.2, 0.25) is 0 Å². The van der Waals surface area contributed by atoms with Gasteiger partial charge in [0.15, 0.2) is 11.8 Å². The molecule has 3 heterocycles. The summed E-state index contributed by atoms with van der Waals surface area (Å²) in [4.78, 5) is 78.2. The van der Waals surface area contributed by atoms with Crippen LogP contribution in [0.25, 0.3) is 0 Å². The van der Waals surface area contributed by atoms with Crippen molar-refractivity contribution in [3.05, 3.63) is 106 Å². The fraction of sp³-hybridized carbons (Fsp3) is 0.667. The second kappa shape index (κ2) is 33.0. The molecule has 13 atom stereocenters. The minimum absolute atomic E-state index is 0.00808. The third kappa shape index (κ3) is 20.2. The molecule has 91 heavy (non-hydrogen) atoms. The Hall–Kier alpha value is -7.06. The van der Waals surface area contributed by atoms with Gasteiger partial charge in [-0.2, -0.15) is 9.97 Å². The van der Waals surface area contributed by atoms with E-state index in [1.165, 1.54) is 13.8 Å². The second-order valence-corrected chi connectivity index (χ2v) is 27.2. The second-order valence-electron chi connectivity index (χ2n) is 27.2. The lowest BCUT2D eigenvalue weighted by atomic mass is 9.96. The lowest BCUT2D eigenvalue weighted by Crippen LogP contribution is -2.43. The van der Waals surface area contributed by atoms with E-state index in [1.54, 1.807) is 79.7 Å². The molecule has 1 unspecified atom stereocenters. The van der Waals surface area contributed by atoms with Crippen LogP contribution >= 0.6 is 0 Å². The number of aromatic nitrogens is 4. The minimum Gasteiger partial charge on any atom is -0.638 e. The molecule has 25 heteroatoms. The van der Waals surface area contributed by atoms with Gasteiger partial charge < -0.3 is 48.9 Å². The van der Waals surface area contributed by atoms with Gasteiger partial charge in [0.25, 0.3) is 11.8 Å². The highest BCUT2D eigenvalue weighted by atomic mass is 17.2. The van der Waals surface area contributed by atoms with E-state index in [1.807, 2.05) is 39.0 Å². The first-order valence-electron chi connectivity index (χ1n) is 31.4. The van der Waals surface area contributed by atoms with Crippen molar-refractivity contribution >= 4 is 35.0 Å². The van der Waals surface area contributed by atoms with Gasteiger partial charge in [0.1, 0.15) is 41.3 Å². The summed E-state index contributed by atoms with van der Waals surface area (Å²) in [6.45, 7) is 34.6. The molecule has 1 spiro atoms. The van der Waals surface area contributed by atoms with Crippen LogP contribution in [0.4, 0.5) is 11.4 Å². The number of nitrogens with zero attached hydrogens (tertiary/aromatic N) is 7. The van der Waals surface area contributed by atoms with E-state index in [4.69, 9.17) is 33.2 Å². The summed E-state index contributed by atoms with van der Waals surface area (Å²) in [5.41, 5.74) is -1.52. The van der Waals surface area contributed by atoms with E-state index in [0.29, 0.717) is 62.0 Å². The van der Waals surface area contributed by atoms with E-state index in [2.05, 4.69) is 49.8 Å². The number of aryl methyl sites for hydroxylation is 4. The largest absolute Gasteiger partial charge is 0.638 e. The molecular weight excluding hydrogens is 1180 g/mol. The van der Waals surface area contributed by atoms with Crippen molar-refractivity contribution in [1.29, 1.82) is 0 Å². The Morgan fingerprint density at radius 1 is 0.626 bits per heavy atom. The molecule has 0 bridgehead atoms. The Morgan fingerprint density at radius 2 is 1.01 bits per heavy atom. The van der Waals surface area contributed by atoms with E-state index in [-0.39, 0.29) is 107 Å². The topological polar surface area (TPSA) is 342 Å². The molecule has 5 aliphatic rings. The van der Waals surface area contributed by atoms with Gasteiger partial charge in [-0.15, -0.1) is 19.7 Å². The number of aliphatic hydroxyl groups is 4. The number of oxime groups is 1. The summed E-state index contributed by atoms with van der Waals surface area (Å²) >= 11 is 0. The van der Waals surface area contributed by atoms with Crippen molar-refractivity contribution in [1.82, 2.24) is 19.9 Å². The molecule has 3 N–H and O–H groups in total. The van der Waals surface area contributed by atoms with Gasteiger partial charge in [-0.1, -0.05) is 35.5 Å². The van der Waals surface area contributed by atoms with E-state index in [9.17, 15) is 50.1 Å². The predicted octanol–water partition coefficient (Wildman–Crippen LogP) is 9.72. The van der Waals surface area contributed by atoms with Crippen LogP contribution in [0.2, 0.25) is 0 Å². The van der Waals surface area contributed by atoms with Gasteiger partial charge in [0.05, 0.1) is 58.1 Å². The molecule has 2 aromatic heterocycles. The van der Waals surface area contributed by atoms with E-state index in [0.717, 1.165) is 44.9 Å². The molecule has 1 aliphatic heterocycles. The first kappa shape index (κ1) is 74.7. The standard InChI is InChI=1S/2C22H33N3O6.C22H31NO6/c1-7-8-9-16-12-15(10-11-30-21(27)22(4,5)6)18(26)19(16)31-20-17(25(28)29)13(2)23-14(3)24-20;1-7-8-9-15-12-16(10-11-30-21(27)22(4,5)6)19(18(15)26)31-20-17(25(28)29)13(2)23-14(3)24-20;1-5-6-9-15-14-16(11-13-26-20(24)21(2,3)4)19-18(15)27-22(28-19)12-8-7-10-17(22)23-29-25/h2*7,15-16,18-19,26H,1,8-12H2,2-6H3;5,7-8,10,12,15-16,18-19,25H,1,6,9,11,13-14H2,2-4H3/b;;23-17+/t15-,16-,18+,19-;15-,16-,18-,19+;15-,16-,18-,19+,22?/m000/s1. The van der Waals surface area contributed by atoms with E-state index < -0.39 is 56.3 Å². The van der Waals surface area contributed by atoms with Gasteiger partial charge in [0, 0.05) is 17.9 Å². The van der Waals surface area contributed by atoms with Crippen LogP contribution in [0.3, 0.4) is 0 Å². The number of allylic oxidation sites excluding steroid dienone is 5. The molecule has 1 saturated heterocycles. The summed E-state index contributed by atoms with van der Waals surface area (Å²) in [6.07, 6.45) is 18.2. The van der Waals surface area contributed by atoms with Crippen LogP contribution in [0, 0.1) is 99.7 Å². The lowest BCUT2D eigenvalue weighted by molar-refractivity contribution is -0.692. The summed E-state index contributed by atoms with van der Waals surface area (Å²) < 4.78 is 39.5. The Balaban J connectivity index is 0.000000248. The summed E-state index contributed by atoms with van der Waals surface area (Å²) in [6, 6.07) is 0. The maximum absolute atomic E-state index is 12.1. The third-order valence-corrected chi connectivity index (χ3v) is 16.9. The minimum atomic E-state index is -1.08. The Bertz CT molecular complexity index is 2970. The smallest absolute Gasteiger partial charge is 0.351 e. The molecule has 4 fully saturated rings. The fourth-order valence-corrected chi connectivity index (χ4v) is 12.1. The highest BCUT2D eigenvalue weighted by molar-refractivity contribution is 6.03. The molecule has 4 aliphatic carbocycles. The number of hydrogen-bond acceptors (Lipinski definition) is 22. The average molecular weight is 1280 g/mol. The molecular formula is C66H97N7O18. The lowest BCUT2D eigenvalue weighted by Gasteiger charge is -2.25. The summed E-state index contributed by atoms with van der Waals surface area (Å²) in [7, 11) is 0. The highest BCUT2D eigenvalue weighted by Crippen LogP contribution is 2.48. The number of fused-ring (bicyclic) bond motifs is 1. The average Bonchev–Trinajstić information content (AvgIpc) is 1.62. The van der Waals surface area contributed by atoms with Crippen LogP contribution in [-0.4, -0.2) is 131 Å². The van der Waals surface area contributed by atoms with Gasteiger partial charge >= 0.3 is 35.1 Å². The number of carbonyl (C=O) groups is 3. The van der Waals surface area contributed by atoms with Gasteiger partial charge in [-0.3, -0.25) is 39.3 Å². The normalized spacial score (nSPS) is 27.0. The van der Waals surface area contributed by atoms with E-state index >= 15 is 0 Å².